The van der Waals surface area contributed by atoms with Gasteiger partial charge in [-0.1, -0.05) is 59.1 Å². The van der Waals surface area contributed by atoms with Crippen molar-refractivity contribution in [3.63, 3.8) is 0 Å². The van der Waals surface area contributed by atoms with E-state index < -0.39 is 5.60 Å². The van der Waals surface area contributed by atoms with Crippen LogP contribution in [0.2, 0.25) is 0 Å². The van der Waals surface area contributed by atoms with Crippen LogP contribution in [0.4, 0.5) is 0 Å². The van der Waals surface area contributed by atoms with Crippen LogP contribution in [-0.4, -0.2) is 21.9 Å². The molecule has 0 bridgehead atoms. The molecular weight excluding hydrogens is 392 g/mol. The van der Waals surface area contributed by atoms with Gasteiger partial charge in [0.1, 0.15) is 0 Å². The van der Waals surface area contributed by atoms with E-state index in [4.69, 9.17) is 0 Å². The fourth-order valence-electron chi connectivity index (χ4n) is 9.62. The van der Waals surface area contributed by atoms with E-state index in [0.29, 0.717) is 10.8 Å². The first-order valence-corrected chi connectivity index (χ1v) is 14.3. The van der Waals surface area contributed by atoms with Gasteiger partial charge in [-0.25, -0.2) is 0 Å². The van der Waals surface area contributed by atoms with E-state index in [1.165, 1.54) is 44.9 Å². The van der Waals surface area contributed by atoms with Crippen LogP contribution in [0.3, 0.4) is 0 Å². The summed E-state index contributed by atoms with van der Waals surface area (Å²) in [7, 11) is 0. The van der Waals surface area contributed by atoms with Crippen molar-refractivity contribution in [1.82, 2.24) is 0 Å². The minimum atomic E-state index is -0.432. The van der Waals surface area contributed by atoms with Gasteiger partial charge >= 0.3 is 0 Å². The SMILES string of the molecule is CCCC(O)(CCC)CC[C@@H](C)C1CCC2C3CC=C4CC(O)CCC4(C)C3CCC21C. The zero-order valence-corrected chi connectivity index (χ0v) is 21.8. The minimum Gasteiger partial charge on any atom is -0.393 e. The molecule has 32 heavy (non-hydrogen) atoms. The molecule has 184 valence electrons. The quantitative estimate of drug-likeness (QED) is 0.377. The molecule has 8 atom stereocenters. The number of allylic oxidation sites excluding steroid dienone is 1. The molecule has 0 amide bonds. The second-order valence-corrected chi connectivity index (χ2v) is 13.1. The Morgan fingerprint density at radius 2 is 1.72 bits per heavy atom. The average Bonchev–Trinajstić information content (AvgIpc) is 3.10. The third-order valence-corrected chi connectivity index (χ3v) is 11.3. The van der Waals surface area contributed by atoms with E-state index >= 15 is 0 Å². The lowest BCUT2D eigenvalue weighted by Gasteiger charge is -2.58. The summed E-state index contributed by atoms with van der Waals surface area (Å²) < 4.78 is 0. The van der Waals surface area contributed by atoms with Gasteiger partial charge in [-0.3, -0.25) is 0 Å². The van der Waals surface area contributed by atoms with Gasteiger partial charge in [-0.05, 0) is 117 Å². The van der Waals surface area contributed by atoms with Crippen molar-refractivity contribution in [3.05, 3.63) is 11.6 Å². The lowest BCUT2D eigenvalue weighted by Crippen LogP contribution is -2.50. The highest BCUT2D eigenvalue weighted by Gasteiger charge is 2.59. The van der Waals surface area contributed by atoms with Crippen LogP contribution in [0.15, 0.2) is 11.6 Å². The van der Waals surface area contributed by atoms with Gasteiger partial charge < -0.3 is 10.2 Å². The third kappa shape index (κ3) is 4.26. The van der Waals surface area contributed by atoms with Crippen molar-refractivity contribution >= 4 is 0 Å². The molecule has 2 nitrogen and oxygen atoms in total. The van der Waals surface area contributed by atoms with Crippen molar-refractivity contribution in [3.8, 4) is 0 Å². The van der Waals surface area contributed by atoms with Crippen LogP contribution in [0.1, 0.15) is 125 Å². The molecule has 0 aliphatic heterocycles. The van der Waals surface area contributed by atoms with E-state index in [1.54, 1.807) is 5.57 Å². The summed E-state index contributed by atoms with van der Waals surface area (Å²) in [6, 6.07) is 0. The van der Waals surface area contributed by atoms with Gasteiger partial charge in [0.2, 0.25) is 0 Å². The van der Waals surface area contributed by atoms with E-state index in [2.05, 4.69) is 40.7 Å². The van der Waals surface area contributed by atoms with E-state index in [0.717, 1.165) is 74.5 Å². The average molecular weight is 445 g/mol. The molecule has 2 heteroatoms. The Bertz CT molecular complexity index is 676. The maximum absolute atomic E-state index is 11.2. The second-order valence-electron chi connectivity index (χ2n) is 13.1. The van der Waals surface area contributed by atoms with Gasteiger partial charge in [-0.15, -0.1) is 0 Å². The molecule has 4 aliphatic rings. The van der Waals surface area contributed by atoms with Crippen molar-refractivity contribution in [2.24, 2.45) is 40.4 Å². The monoisotopic (exact) mass is 444 g/mol. The highest BCUT2D eigenvalue weighted by atomic mass is 16.3. The Hall–Kier alpha value is -0.340. The van der Waals surface area contributed by atoms with Gasteiger partial charge in [0, 0.05) is 0 Å². The molecule has 4 rings (SSSR count). The summed E-state index contributed by atoms with van der Waals surface area (Å²) in [5, 5.41) is 21.4. The van der Waals surface area contributed by atoms with Crippen LogP contribution in [0.25, 0.3) is 0 Å². The number of aliphatic hydroxyl groups is 2. The summed E-state index contributed by atoms with van der Waals surface area (Å²) >= 11 is 0. The molecule has 0 heterocycles. The first-order valence-electron chi connectivity index (χ1n) is 14.3. The Balaban J connectivity index is 1.46. The smallest absolute Gasteiger partial charge is 0.0647 e. The maximum atomic E-state index is 11.2. The van der Waals surface area contributed by atoms with Crippen LogP contribution >= 0.6 is 0 Å². The lowest BCUT2D eigenvalue weighted by atomic mass is 9.47. The summed E-state index contributed by atoms with van der Waals surface area (Å²) in [6.07, 6.45) is 18.7. The normalized spacial score (nSPS) is 42.6. The minimum absolute atomic E-state index is 0.101. The summed E-state index contributed by atoms with van der Waals surface area (Å²) in [5.74, 6) is 4.11. The molecule has 3 saturated carbocycles. The van der Waals surface area contributed by atoms with E-state index in [1.807, 2.05) is 0 Å². The molecule has 4 aliphatic carbocycles. The van der Waals surface area contributed by atoms with Crippen LogP contribution in [0, 0.1) is 40.4 Å². The third-order valence-electron chi connectivity index (χ3n) is 11.3. The second kappa shape index (κ2) is 9.37. The fourth-order valence-corrected chi connectivity index (χ4v) is 9.62. The summed E-state index contributed by atoms with van der Waals surface area (Å²) in [5.41, 5.74) is 2.00. The number of hydrogen-bond acceptors (Lipinski definition) is 2. The molecule has 0 radical (unpaired) electrons. The Morgan fingerprint density at radius 3 is 2.41 bits per heavy atom. The number of hydrogen-bond donors (Lipinski definition) is 2. The van der Waals surface area contributed by atoms with Gasteiger partial charge in [-0.2, -0.15) is 0 Å². The zero-order valence-electron chi connectivity index (χ0n) is 21.8. The molecule has 2 N–H and O–H groups in total. The topological polar surface area (TPSA) is 40.5 Å². The van der Waals surface area contributed by atoms with Crippen LogP contribution in [0.5, 0.6) is 0 Å². The fraction of sp³-hybridized carbons (Fsp3) is 0.933. The van der Waals surface area contributed by atoms with Crippen molar-refractivity contribution in [2.45, 2.75) is 136 Å². The van der Waals surface area contributed by atoms with Gasteiger partial charge in [0.25, 0.3) is 0 Å². The molecular formula is C30H52O2. The molecule has 0 aromatic heterocycles. The standard InChI is InChI=1S/C30H52O2/c1-6-15-30(32,16-7-2)19-12-21(3)25-10-11-26-24-9-8-22-20-23(31)13-17-28(22,4)27(24)14-18-29(25,26)5/h8,21,23-27,31-32H,6-7,9-20H2,1-5H3/t21-,23?,24?,25?,26?,27?,28?,29?/m1/s1. The Kier molecular flexibility index (Phi) is 7.25. The Morgan fingerprint density at radius 1 is 1.00 bits per heavy atom. The highest BCUT2D eigenvalue weighted by molar-refractivity contribution is 5.25. The van der Waals surface area contributed by atoms with Gasteiger partial charge in [0.05, 0.1) is 11.7 Å². The number of fused-ring (bicyclic) bond motifs is 5. The zero-order chi connectivity index (χ0) is 23.1. The Labute approximate surface area is 198 Å². The largest absolute Gasteiger partial charge is 0.393 e. The summed E-state index contributed by atoms with van der Waals surface area (Å²) in [6.45, 7) is 12.1. The molecule has 0 saturated heterocycles. The highest BCUT2D eigenvalue weighted by Crippen LogP contribution is 2.67. The predicted molar refractivity (Wildman–Crippen MR) is 134 cm³/mol. The molecule has 0 aromatic rings. The first-order chi connectivity index (χ1) is 15.2. The van der Waals surface area contributed by atoms with Crippen molar-refractivity contribution in [2.75, 3.05) is 0 Å². The number of rotatable bonds is 8. The molecule has 0 aromatic carbocycles. The number of aliphatic hydroxyl groups excluding tert-OH is 1. The maximum Gasteiger partial charge on any atom is 0.0647 e. The van der Waals surface area contributed by atoms with E-state index in [9.17, 15) is 10.2 Å². The van der Waals surface area contributed by atoms with Gasteiger partial charge in [0.15, 0.2) is 0 Å². The molecule has 0 spiro atoms. The molecule has 7 unspecified atom stereocenters. The van der Waals surface area contributed by atoms with Crippen LogP contribution < -0.4 is 0 Å². The summed E-state index contributed by atoms with van der Waals surface area (Å²) in [4.78, 5) is 0. The lowest BCUT2D eigenvalue weighted by molar-refractivity contribution is -0.0597. The molecule has 3 fully saturated rings. The van der Waals surface area contributed by atoms with Crippen molar-refractivity contribution < 1.29 is 10.2 Å². The first kappa shape index (κ1) is 24.8. The van der Waals surface area contributed by atoms with E-state index in [-0.39, 0.29) is 6.10 Å². The van der Waals surface area contributed by atoms with Crippen LogP contribution in [-0.2, 0) is 0 Å². The van der Waals surface area contributed by atoms with Crippen molar-refractivity contribution in [1.29, 1.82) is 0 Å². The predicted octanol–water partition coefficient (Wildman–Crippen LogP) is 7.67.